The highest BCUT2D eigenvalue weighted by molar-refractivity contribution is 9.10. The highest BCUT2D eigenvalue weighted by atomic mass is 79.9. The van der Waals surface area contributed by atoms with E-state index >= 15 is 0 Å². The van der Waals surface area contributed by atoms with Gasteiger partial charge in [-0.1, -0.05) is 15.9 Å². The SMILES string of the molecule is Cc1cc(Br)ccc1N1CC(CN)CCC1(C)C. The van der Waals surface area contributed by atoms with Crippen LogP contribution in [0.25, 0.3) is 0 Å². The molecule has 0 bridgehead atoms. The number of aryl methyl sites for hydroxylation is 1. The van der Waals surface area contributed by atoms with Gasteiger partial charge in [-0.25, -0.2) is 0 Å². The number of benzene rings is 1. The molecule has 0 aliphatic carbocycles. The van der Waals surface area contributed by atoms with Crippen LogP contribution in [0.15, 0.2) is 22.7 Å². The standard InChI is InChI=1S/C15H23BrN2/c1-11-8-13(16)4-5-14(11)18-10-12(9-17)6-7-15(18,2)3/h4-5,8,12H,6-7,9-10,17H2,1-3H3. The molecule has 1 saturated heterocycles. The maximum absolute atomic E-state index is 5.86. The monoisotopic (exact) mass is 310 g/mol. The van der Waals surface area contributed by atoms with E-state index in [9.17, 15) is 0 Å². The van der Waals surface area contributed by atoms with Gasteiger partial charge in [-0.3, -0.25) is 0 Å². The Labute approximate surface area is 119 Å². The molecule has 1 aromatic carbocycles. The first-order valence-corrected chi connectivity index (χ1v) is 7.47. The minimum Gasteiger partial charge on any atom is -0.366 e. The summed E-state index contributed by atoms with van der Waals surface area (Å²) in [5.74, 6) is 0.626. The lowest BCUT2D eigenvalue weighted by Crippen LogP contribution is -2.52. The number of anilines is 1. The van der Waals surface area contributed by atoms with Gasteiger partial charge in [-0.15, -0.1) is 0 Å². The van der Waals surface area contributed by atoms with Crippen molar-refractivity contribution >= 4 is 21.6 Å². The molecule has 1 aliphatic rings. The topological polar surface area (TPSA) is 29.3 Å². The molecule has 0 saturated carbocycles. The van der Waals surface area contributed by atoms with Crippen LogP contribution in [0.4, 0.5) is 5.69 Å². The fraction of sp³-hybridized carbons (Fsp3) is 0.600. The van der Waals surface area contributed by atoms with Gasteiger partial charge in [-0.2, -0.15) is 0 Å². The Kier molecular flexibility index (Phi) is 4.02. The Morgan fingerprint density at radius 1 is 1.44 bits per heavy atom. The molecule has 0 radical (unpaired) electrons. The molecule has 1 heterocycles. The van der Waals surface area contributed by atoms with E-state index in [2.05, 4.69) is 59.8 Å². The van der Waals surface area contributed by atoms with E-state index in [1.54, 1.807) is 0 Å². The van der Waals surface area contributed by atoms with Crippen molar-refractivity contribution in [1.82, 2.24) is 0 Å². The second-order valence-corrected chi connectivity index (χ2v) is 6.91. The number of nitrogens with zero attached hydrogens (tertiary/aromatic N) is 1. The molecule has 1 unspecified atom stereocenters. The molecule has 1 fully saturated rings. The third-order valence-electron chi connectivity index (χ3n) is 4.12. The van der Waals surface area contributed by atoms with Crippen LogP contribution in [0.3, 0.4) is 0 Å². The van der Waals surface area contributed by atoms with E-state index in [1.807, 2.05) is 0 Å². The van der Waals surface area contributed by atoms with Crippen LogP contribution < -0.4 is 10.6 Å². The molecule has 100 valence electrons. The van der Waals surface area contributed by atoms with Gasteiger partial charge in [0.05, 0.1) is 0 Å². The molecule has 18 heavy (non-hydrogen) atoms. The number of hydrogen-bond donors (Lipinski definition) is 1. The average Bonchev–Trinajstić information content (AvgIpc) is 2.30. The highest BCUT2D eigenvalue weighted by Gasteiger charge is 2.34. The molecule has 1 atom stereocenters. The first kappa shape index (κ1) is 13.9. The van der Waals surface area contributed by atoms with Gasteiger partial charge < -0.3 is 10.6 Å². The van der Waals surface area contributed by atoms with Crippen molar-refractivity contribution in [2.45, 2.75) is 39.2 Å². The summed E-state index contributed by atoms with van der Waals surface area (Å²) in [6.45, 7) is 8.72. The fourth-order valence-corrected chi connectivity index (χ4v) is 3.30. The third-order valence-corrected chi connectivity index (χ3v) is 4.61. The summed E-state index contributed by atoms with van der Waals surface area (Å²) in [7, 11) is 0. The Morgan fingerprint density at radius 2 is 2.17 bits per heavy atom. The average molecular weight is 311 g/mol. The molecule has 2 rings (SSSR count). The zero-order chi connectivity index (χ0) is 13.3. The van der Waals surface area contributed by atoms with Crippen molar-refractivity contribution in [3.63, 3.8) is 0 Å². The van der Waals surface area contributed by atoms with Crippen LogP contribution in [0.2, 0.25) is 0 Å². The third kappa shape index (κ3) is 2.72. The van der Waals surface area contributed by atoms with Gasteiger partial charge in [0, 0.05) is 22.2 Å². The number of hydrogen-bond acceptors (Lipinski definition) is 2. The Hall–Kier alpha value is -0.540. The van der Waals surface area contributed by atoms with E-state index in [1.165, 1.54) is 24.1 Å². The summed E-state index contributed by atoms with van der Waals surface area (Å²) in [5, 5.41) is 0. The second kappa shape index (κ2) is 5.22. The van der Waals surface area contributed by atoms with Crippen molar-refractivity contribution in [1.29, 1.82) is 0 Å². The number of piperidine rings is 1. The van der Waals surface area contributed by atoms with Gasteiger partial charge in [0.2, 0.25) is 0 Å². The van der Waals surface area contributed by atoms with Crippen LogP contribution in [-0.4, -0.2) is 18.6 Å². The van der Waals surface area contributed by atoms with Crippen LogP contribution in [0.5, 0.6) is 0 Å². The van der Waals surface area contributed by atoms with E-state index in [-0.39, 0.29) is 5.54 Å². The van der Waals surface area contributed by atoms with Gasteiger partial charge in [-0.05, 0) is 69.8 Å². The molecular formula is C15H23BrN2. The lowest BCUT2D eigenvalue weighted by Gasteiger charge is -2.47. The number of halogens is 1. The van der Waals surface area contributed by atoms with Crippen molar-refractivity contribution < 1.29 is 0 Å². The van der Waals surface area contributed by atoms with Gasteiger partial charge in [0.1, 0.15) is 0 Å². The summed E-state index contributed by atoms with van der Waals surface area (Å²) < 4.78 is 1.15. The molecule has 3 heteroatoms. The van der Waals surface area contributed by atoms with Crippen molar-refractivity contribution in [3.05, 3.63) is 28.2 Å². The molecule has 0 amide bonds. The minimum atomic E-state index is 0.226. The molecule has 2 nitrogen and oxygen atoms in total. The van der Waals surface area contributed by atoms with Crippen molar-refractivity contribution in [3.8, 4) is 0 Å². The van der Waals surface area contributed by atoms with Crippen LogP contribution in [0.1, 0.15) is 32.3 Å². The van der Waals surface area contributed by atoms with Crippen LogP contribution in [0, 0.1) is 12.8 Å². The summed E-state index contributed by atoms with van der Waals surface area (Å²) >= 11 is 3.54. The Morgan fingerprint density at radius 3 is 2.78 bits per heavy atom. The van der Waals surface area contributed by atoms with Gasteiger partial charge >= 0.3 is 0 Å². The Bertz CT molecular complexity index is 429. The smallest absolute Gasteiger partial charge is 0.0401 e. The van der Waals surface area contributed by atoms with E-state index in [4.69, 9.17) is 5.73 Å². The van der Waals surface area contributed by atoms with Crippen LogP contribution in [-0.2, 0) is 0 Å². The molecule has 1 aromatic rings. The molecule has 1 aliphatic heterocycles. The molecule has 2 N–H and O–H groups in total. The predicted molar refractivity (Wildman–Crippen MR) is 82.1 cm³/mol. The predicted octanol–water partition coefficient (Wildman–Crippen LogP) is 3.71. The molecule has 0 aromatic heterocycles. The summed E-state index contributed by atoms with van der Waals surface area (Å²) in [6.07, 6.45) is 2.46. The second-order valence-electron chi connectivity index (χ2n) is 5.99. The molecular weight excluding hydrogens is 288 g/mol. The molecule has 0 spiro atoms. The summed E-state index contributed by atoms with van der Waals surface area (Å²) in [4.78, 5) is 2.54. The highest BCUT2D eigenvalue weighted by Crippen LogP contribution is 2.36. The zero-order valence-corrected chi connectivity index (χ0v) is 13.1. The van der Waals surface area contributed by atoms with Gasteiger partial charge in [0.25, 0.3) is 0 Å². The normalized spacial score (nSPS) is 23.2. The van der Waals surface area contributed by atoms with E-state index in [0.29, 0.717) is 5.92 Å². The zero-order valence-electron chi connectivity index (χ0n) is 11.5. The van der Waals surface area contributed by atoms with Crippen LogP contribution >= 0.6 is 15.9 Å². The van der Waals surface area contributed by atoms with E-state index < -0.39 is 0 Å². The number of nitrogens with two attached hydrogens (primary N) is 1. The summed E-state index contributed by atoms with van der Waals surface area (Å²) in [6, 6.07) is 6.54. The van der Waals surface area contributed by atoms with E-state index in [0.717, 1.165) is 17.6 Å². The van der Waals surface area contributed by atoms with Gasteiger partial charge in [0.15, 0.2) is 0 Å². The first-order chi connectivity index (χ1) is 8.44. The minimum absolute atomic E-state index is 0.226. The first-order valence-electron chi connectivity index (χ1n) is 6.68. The summed E-state index contributed by atoms with van der Waals surface area (Å²) in [5.41, 5.74) is 8.76. The lowest BCUT2D eigenvalue weighted by molar-refractivity contribution is 0.294. The van der Waals surface area contributed by atoms with Crippen molar-refractivity contribution in [2.24, 2.45) is 11.7 Å². The largest absolute Gasteiger partial charge is 0.366 e. The lowest BCUT2D eigenvalue weighted by atomic mass is 9.84. The van der Waals surface area contributed by atoms with Crippen molar-refractivity contribution in [2.75, 3.05) is 18.0 Å². The maximum atomic E-state index is 5.86. The fourth-order valence-electron chi connectivity index (χ4n) is 2.83. The Balaban J connectivity index is 2.33. The number of rotatable bonds is 2. The quantitative estimate of drug-likeness (QED) is 0.902. The maximum Gasteiger partial charge on any atom is 0.0401 e.